The fourth-order valence-corrected chi connectivity index (χ4v) is 6.05. The molecule has 0 aliphatic carbocycles. The van der Waals surface area contributed by atoms with Crippen LogP contribution >= 0.6 is 11.6 Å². The van der Waals surface area contributed by atoms with E-state index >= 15 is 0 Å². The lowest BCUT2D eigenvalue weighted by Crippen LogP contribution is -1.97. The van der Waals surface area contributed by atoms with Gasteiger partial charge in [0.05, 0.1) is 6.85 Å². The molecule has 1 aromatic heterocycles. The van der Waals surface area contributed by atoms with Crippen LogP contribution in [0.5, 0.6) is 0 Å². The average molecular weight is 601 g/mol. The lowest BCUT2D eigenvalue weighted by Gasteiger charge is -2.13. The predicted molar refractivity (Wildman–Crippen MR) is 187 cm³/mol. The van der Waals surface area contributed by atoms with Crippen molar-refractivity contribution >= 4 is 33.1 Å². The summed E-state index contributed by atoms with van der Waals surface area (Å²) in [6, 6.07) is 40.3. The van der Waals surface area contributed by atoms with E-state index in [1.54, 1.807) is 0 Å². The monoisotopic (exact) mass is 600 g/mol. The van der Waals surface area contributed by atoms with Gasteiger partial charge in [-0.15, -0.1) is 0 Å². The van der Waals surface area contributed by atoms with Crippen LogP contribution in [-0.2, 0) is 0 Å². The summed E-state index contributed by atoms with van der Waals surface area (Å²) >= 11 is 6.52. The van der Waals surface area contributed by atoms with Crippen LogP contribution in [0, 0.1) is 0 Å². The van der Waals surface area contributed by atoms with E-state index in [-0.39, 0.29) is 35.0 Å². The summed E-state index contributed by atoms with van der Waals surface area (Å²) in [5.41, 5.74) is 6.25. The molecule has 0 saturated heterocycles. The maximum Gasteiger partial charge on any atom is 0.226 e. The van der Waals surface area contributed by atoms with E-state index in [0.29, 0.717) is 17.2 Å². The minimum absolute atomic E-state index is 0.0828. The van der Waals surface area contributed by atoms with E-state index in [2.05, 4.69) is 52.4 Å². The van der Waals surface area contributed by atoms with Crippen molar-refractivity contribution in [1.29, 1.82) is 0 Å². The number of nitrogens with zero attached hydrogens (tertiary/aromatic N) is 3. The highest BCUT2D eigenvalue weighted by Crippen LogP contribution is 2.37. The Kier molecular flexibility index (Phi) is 5.59. The molecule has 212 valence electrons. The van der Waals surface area contributed by atoms with Crippen LogP contribution in [0.25, 0.3) is 77.7 Å². The summed E-state index contributed by atoms with van der Waals surface area (Å²) < 4.78 is 41.6. The fourth-order valence-electron chi connectivity index (χ4n) is 5.89. The minimum atomic E-state index is -0.416. The molecule has 4 heteroatoms. The van der Waals surface area contributed by atoms with Gasteiger partial charge < -0.3 is 0 Å². The number of halogens is 1. The van der Waals surface area contributed by atoms with E-state index in [0.717, 1.165) is 54.9 Å². The van der Waals surface area contributed by atoms with E-state index in [9.17, 15) is 0 Å². The van der Waals surface area contributed by atoms with Gasteiger partial charge >= 0.3 is 0 Å². The number of hydrogen-bond donors (Lipinski definition) is 0. The Hall–Kier alpha value is -5.64. The summed E-state index contributed by atoms with van der Waals surface area (Å²) in [6.45, 7) is 0. The van der Waals surface area contributed by atoms with Crippen LogP contribution in [0.4, 0.5) is 0 Å². The van der Waals surface area contributed by atoms with Gasteiger partial charge in [-0.1, -0.05) is 145 Å². The molecule has 0 unspecified atom stereocenters. The molecule has 8 rings (SSSR count). The molecule has 0 saturated carbocycles. The van der Waals surface area contributed by atoms with Crippen molar-refractivity contribution in [2.24, 2.45) is 0 Å². The average Bonchev–Trinajstić information content (AvgIpc) is 3.16. The molecule has 3 nitrogen and oxygen atoms in total. The maximum absolute atomic E-state index is 8.57. The molecule has 0 bridgehead atoms. The quantitative estimate of drug-likeness (QED) is 0.197. The highest BCUT2D eigenvalue weighted by molar-refractivity contribution is 6.28. The molecular formula is C41H26ClN3. The molecule has 1 heterocycles. The number of rotatable bonds is 5. The summed E-state index contributed by atoms with van der Waals surface area (Å²) in [6.07, 6.45) is 0. The van der Waals surface area contributed by atoms with Gasteiger partial charge in [0.2, 0.25) is 5.28 Å². The maximum atomic E-state index is 8.57. The summed E-state index contributed by atoms with van der Waals surface area (Å²) in [7, 11) is 0. The van der Waals surface area contributed by atoms with Gasteiger partial charge in [0, 0.05) is 11.1 Å². The Morgan fingerprint density at radius 3 is 1.56 bits per heavy atom. The van der Waals surface area contributed by atoms with Crippen LogP contribution in [-0.4, -0.2) is 15.0 Å². The third-order valence-electron chi connectivity index (χ3n) is 7.95. The van der Waals surface area contributed by atoms with Crippen LogP contribution < -0.4 is 0 Å². The zero-order valence-electron chi connectivity index (χ0n) is 28.8. The van der Waals surface area contributed by atoms with Crippen LogP contribution in [0.2, 0.25) is 5.28 Å². The second-order valence-electron chi connectivity index (χ2n) is 10.6. The zero-order chi connectivity index (χ0) is 34.5. The first-order chi connectivity index (χ1) is 24.3. The fraction of sp³-hybridized carbons (Fsp3) is 0. The first-order valence-electron chi connectivity index (χ1n) is 17.0. The Morgan fingerprint density at radius 2 is 0.911 bits per heavy atom. The molecule has 0 aliphatic rings. The van der Waals surface area contributed by atoms with E-state index in [4.69, 9.17) is 23.4 Å². The SMILES string of the molecule is [2H]c1c([2H])c([2H])c(-c2ccc(-c3cccc(-c4nc(Cl)nc(-c5cccc(-c6cccc7ccccc67)c5)n4)c3)c3ccccc23)c([2H])c1[2H]. The van der Waals surface area contributed by atoms with E-state index in [1.807, 2.05) is 84.9 Å². The van der Waals surface area contributed by atoms with Crippen molar-refractivity contribution < 1.29 is 6.85 Å². The zero-order valence-corrected chi connectivity index (χ0v) is 24.6. The van der Waals surface area contributed by atoms with Crippen LogP contribution in [0.15, 0.2) is 158 Å². The molecule has 0 amide bonds. The topological polar surface area (TPSA) is 38.7 Å². The third-order valence-corrected chi connectivity index (χ3v) is 8.12. The van der Waals surface area contributed by atoms with Crippen molar-refractivity contribution in [3.8, 4) is 56.2 Å². The highest BCUT2D eigenvalue weighted by atomic mass is 35.5. The second kappa shape index (κ2) is 11.5. The summed E-state index contributed by atoms with van der Waals surface area (Å²) in [4.78, 5) is 13.9. The Morgan fingerprint density at radius 1 is 0.422 bits per heavy atom. The van der Waals surface area contributed by atoms with Gasteiger partial charge in [0.1, 0.15) is 0 Å². The molecule has 0 atom stereocenters. The van der Waals surface area contributed by atoms with Crippen molar-refractivity contribution in [1.82, 2.24) is 15.0 Å². The van der Waals surface area contributed by atoms with Gasteiger partial charge in [-0.3, -0.25) is 0 Å². The van der Waals surface area contributed by atoms with Gasteiger partial charge in [0.25, 0.3) is 0 Å². The Bertz CT molecular complexity index is 2610. The largest absolute Gasteiger partial charge is 0.226 e. The standard InChI is InChI=1S/C41H26ClN3/c42-41-44-39(31-17-8-15-29(25-31)34-22-10-14-28-13-4-5-19-33(28)34)43-40(45-41)32-18-9-16-30(26-32)36-24-23-35(27-11-2-1-3-12-27)37-20-6-7-21-38(36)37/h1-26H/i1D,2D,3D,11D,12D. The van der Waals surface area contributed by atoms with E-state index in [1.165, 1.54) is 0 Å². The molecule has 8 aromatic rings. The van der Waals surface area contributed by atoms with Gasteiger partial charge in [-0.25, -0.2) is 4.98 Å². The molecule has 0 aliphatic heterocycles. The van der Waals surface area contributed by atoms with Crippen LogP contribution in [0.3, 0.4) is 0 Å². The number of fused-ring (bicyclic) bond motifs is 2. The smallest absolute Gasteiger partial charge is 0.208 e. The molecule has 0 fully saturated rings. The Labute approximate surface area is 273 Å². The second-order valence-corrected chi connectivity index (χ2v) is 11.0. The Balaban J connectivity index is 1.21. The van der Waals surface area contributed by atoms with Crippen molar-refractivity contribution in [2.45, 2.75) is 0 Å². The van der Waals surface area contributed by atoms with Gasteiger partial charge in [-0.05, 0) is 78.7 Å². The molecule has 45 heavy (non-hydrogen) atoms. The van der Waals surface area contributed by atoms with Gasteiger partial charge in [0.15, 0.2) is 11.6 Å². The van der Waals surface area contributed by atoms with Crippen molar-refractivity contribution in [3.05, 3.63) is 163 Å². The first-order valence-corrected chi connectivity index (χ1v) is 14.9. The lowest BCUT2D eigenvalue weighted by molar-refractivity contribution is 1.07. The third kappa shape index (κ3) is 5.14. The minimum Gasteiger partial charge on any atom is -0.208 e. The lowest BCUT2D eigenvalue weighted by atomic mass is 9.91. The van der Waals surface area contributed by atoms with Crippen molar-refractivity contribution in [2.75, 3.05) is 0 Å². The molecule has 7 aromatic carbocycles. The normalized spacial score (nSPS) is 12.8. The summed E-state index contributed by atoms with van der Waals surface area (Å²) in [5.74, 6) is 0.887. The number of benzene rings is 7. The van der Waals surface area contributed by atoms with E-state index < -0.39 is 6.04 Å². The first kappa shape index (κ1) is 22.0. The summed E-state index contributed by atoms with van der Waals surface area (Å²) in [5, 5.41) is 4.04. The van der Waals surface area contributed by atoms with Crippen molar-refractivity contribution in [3.63, 3.8) is 0 Å². The molecule has 0 radical (unpaired) electrons. The van der Waals surface area contributed by atoms with Gasteiger partial charge in [-0.2, -0.15) is 9.97 Å². The molecule has 0 N–H and O–H groups in total. The number of hydrogen-bond acceptors (Lipinski definition) is 3. The predicted octanol–water partition coefficient (Wildman–Crippen LogP) is 11.2. The number of aromatic nitrogens is 3. The van der Waals surface area contributed by atoms with Crippen LogP contribution in [0.1, 0.15) is 6.85 Å². The highest BCUT2D eigenvalue weighted by Gasteiger charge is 2.14. The molecular weight excluding hydrogens is 570 g/mol. The molecule has 0 spiro atoms.